The molecular formula is C14H20N3O. The van der Waals surface area contributed by atoms with Gasteiger partial charge in [-0.05, 0) is 25.2 Å². The van der Waals surface area contributed by atoms with Gasteiger partial charge in [0.05, 0.1) is 0 Å². The van der Waals surface area contributed by atoms with Crippen molar-refractivity contribution in [3.05, 3.63) is 30.3 Å². The van der Waals surface area contributed by atoms with Gasteiger partial charge in [-0.1, -0.05) is 12.1 Å². The third-order valence-electron chi connectivity index (χ3n) is 3.25. The van der Waals surface area contributed by atoms with E-state index in [4.69, 9.17) is 0 Å². The molecule has 97 valence electrons. The van der Waals surface area contributed by atoms with Gasteiger partial charge in [0, 0.05) is 44.8 Å². The number of hydrogen-bond acceptors (Lipinski definition) is 3. The predicted molar refractivity (Wildman–Crippen MR) is 72.5 cm³/mol. The summed E-state index contributed by atoms with van der Waals surface area (Å²) in [5, 5.41) is 2.89. The molecule has 1 aliphatic heterocycles. The van der Waals surface area contributed by atoms with E-state index in [0.29, 0.717) is 6.42 Å². The number of piperazine rings is 1. The molecule has 1 fully saturated rings. The molecule has 0 saturated carbocycles. The summed E-state index contributed by atoms with van der Waals surface area (Å²) in [5.74, 6) is 0.0835. The number of nitrogens with zero attached hydrogens (tertiary/aromatic N) is 2. The van der Waals surface area contributed by atoms with Crippen LogP contribution in [0.15, 0.2) is 24.3 Å². The summed E-state index contributed by atoms with van der Waals surface area (Å²) < 4.78 is 0. The van der Waals surface area contributed by atoms with Crippen LogP contribution in [0.1, 0.15) is 6.42 Å². The van der Waals surface area contributed by atoms with Gasteiger partial charge in [-0.2, -0.15) is 0 Å². The summed E-state index contributed by atoms with van der Waals surface area (Å²) in [4.78, 5) is 16.4. The lowest BCUT2D eigenvalue weighted by Crippen LogP contribution is -2.45. The number of amides is 1. The molecule has 1 aromatic rings. The van der Waals surface area contributed by atoms with E-state index < -0.39 is 0 Å². The molecule has 4 heteroatoms. The summed E-state index contributed by atoms with van der Waals surface area (Å²) in [5.41, 5.74) is 0.845. The van der Waals surface area contributed by atoms with Gasteiger partial charge in [-0.3, -0.25) is 4.79 Å². The van der Waals surface area contributed by atoms with E-state index in [1.54, 1.807) is 12.1 Å². The van der Waals surface area contributed by atoms with Crippen molar-refractivity contribution in [1.29, 1.82) is 0 Å². The maximum Gasteiger partial charge on any atom is 0.225 e. The molecule has 4 nitrogen and oxygen atoms in total. The van der Waals surface area contributed by atoms with Crippen LogP contribution in [0.3, 0.4) is 0 Å². The van der Waals surface area contributed by atoms with Crippen molar-refractivity contribution in [1.82, 2.24) is 9.80 Å². The minimum Gasteiger partial charge on any atom is -0.326 e. The van der Waals surface area contributed by atoms with Gasteiger partial charge in [0.15, 0.2) is 0 Å². The van der Waals surface area contributed by atoms with Crippen molar-refractivity contribution in [3.8, 4) is 0 Å². The molecule has 1 saturated heterocycles. The number of carbonyl (C=O) groups excluding carboxylic acids is 1. The number of carbonyl (C=O) groups is 1. The highest BCUT2D eigenvalue weighted by atomic mass is 16.1. The first-order chi connectivity index (χ1) is 8.74. The average molecular weight is 246 g/mol. The standard InChI is InChI=1S/C14H20N3O/c1-16-9-11-17(12-10-16)8-7-14(18)15-13-5-3-2-4-6-13/h3-6H,7-12H2,1H3,(H,15,18). The zero-order valence-electron chi connectivity index (χ0n) is 10.9. The van der Waals surface area contributed by atoms with E-state index in [-0.39, 0.29) is 5.91 Å². The molecule has 1 N–H and O–H groups in total. The second-order valence-electron chi connectivity index (χ2n) is 4.73. The van der Waals surface area contributed by atoms with E-state index in [1.165, 1.54) is 0 Å². The Labute approximate surface area is 109 Å². The van der Waals surface area contributed by atoms with Crippen LogP contribution < -0.4 is 5.32 Å². The molecule has 0 aliphatic carbocycles. The molecule has 0 unspecified atom stereocenters. The van der Waals surface area contributed by atoms with Gasteiger partial charge in [0.1, 0.15) is 0 Å². The molecule has 0 aromatic heterocycles. The minimum atomic E-state index is 0.0835. The van der Waals surface area contributed by atoms with Gasteiger partial charge in [0.25, 0.3) is 0 Å². The first kappa shape index (κ1) is 13.1. The van der Waals surface area contributed by atoms with Crippen LogP contribution in [0.5, 0.6) is 0 Å². The fraction of sp³-hybridized carbons (Fsp3) is 0.500. The topological polar surface area (TPSA) is 35.6 Å². The SMILES string of the molecule is CN1CCN(CCC(=O)Nc2cc[c]cc2)CC1. The monoisotopic (exact) mass is 246 g/mol. The Hall–Kier alpha value is -1.39. The lowest BCUT2D eigenvalue weighted by molar-refractivity contribution is -0.116. The number of anilines is 1. The molecule has 2 rings (SSSR count). The Morgan fingerprint density at radius 1 is 1.28 bits per heavy atom. The Bertz CT molecular complexity index is 372. The van der Waals surface area contributed by atoms with Crippen molar-refractivity contribution < 1.29 is 4.79 Å². The second-order valence-corrected chi connectivity index (χ2v) is 4.73. The Morgan fingerprint density at radius 2 is 1.94 bits per heavy atom. The Balaban J connectivity index is 1.69. The number of nitrogens with one attached hydrogen (secondary N) is 1. The third kappa shape index (κ3) is 4.13. The molecule has 0 atom stereocenters. The summed E-state index contributed by atoms with van der Waals surface area (Å²) in [7, 11) is 2.14. The lowest BCUT2D eigenvalue weighted by Gasteiger charge is -2.32. The molecule has 1 aromatic carbocycles. The molecule has 1 radical (unpaired) electrons. The molecule has 1 amide bonds. The maximum atomic E-state index is 11.8. The van der Waals surface area contributed by atoms with Crippen LogP contribution in [-0.2, 0) is 4.79 Å². The summed E-state index contributed by atoms with van der Waals surface area (Å²) in [6, 6.07) is 10.2. The number of benzene rings is 1. The van der Waals surface area contributed by atoms with Gasteiger partial charge < -0.3 is 15.1 Å². The average Bonchev–Trinajstić information content (AvgIpc) is 2.39. The maximum absolute atomic E-state index is 11.8. The Morgan fingerprint density at radius 3 is 2.61 bits per heavy atom. The second kappa shape index (κ2) is 6.52. The Kier molecular flexibility index (Phi) is 4.73. The fourth-order valence-electron chi connectivity index (χ4n) is 2.02. The van der Waals surface area contributed by atoms with Crippen LogP contribution in [0.4, 0.5) is 5.69 Å². The van der Waals surface area contributed by atoms with Gasteiger partial charge in [-0.25, -0.2) is 0 Å². The highest BCUT2D eigenvalue weighted by Gasteiger charge is 2.14. The van der Waals surface area contributed by atoms with E-state index in [9.17, 15) is 4.79 Å². The van der Waals surface area contributed by atoms with Crippen molar-refractivity contribution in [2.24, 2.45) is 0 Å². The van der Waals surface area contributed by atoms with Crippen LogP contribution in [0.2, 0.25) is 0 Å². The van der Waals surface area contributed by atoms with E-state index >= 15 is 0 Å². The third-order valence-corrected chi connectivity index (χ3v) is 3.25. The van der Waals surface area contributed by atoms with Gasteiger partial charge in [0.2, 0.25) is 5.91 Å². The largest absolute Gasteiger partial charge is 0.326 e. The van der Waals surface area contributed by atoms with E-state index in [0.717, 1.165) is 38.4 Å². The smallest absolute Gasteiger partial charge is 0.225 e. The predicted octanol–water partition coefficient (Wildman–Crippen LogP) is 1.06. The normalized spacial score (nSPS) is 17.6. The quantitative estimate of drug-likeness (QED) is 0.863. The molecule has 0 spiro atoms. The summed E-state index contributed by atoms with van der Waals surface area (Å²) >= 11 is 0. The van der Waals surface area contributed by atoms with Crippen LogP contribution in [0.25, 0.3) is 0 Å². The van der Waals surface area contributed by atoms with Crippen LogP contribution in [0, 0.1) is 6.07 Å². The summed E-state index contributed by atoms with van der Waals surface area (Å²) in [6.07, 6.45) is 0.558. The molecule has 1 heterocycles. The zero-order chi connectivity index (χ0) is 12.8. The van der Waals surface area contributed by atoms with Crippen molar-refractivity contribution in [2.45, 2.75) is 6.42 Å². The number of likely N-dealkylation sites (N-methyl/N-ethyl adjacent to an activating group) is 1. The lowest BCUT2D eigenvalue weighted by atomic mass is 10.2. The first-order valence-corrected chi connectivity index (χ1v) is 6.41. The molecule has 18 heavy (non-hydrogen) atoms. The zero-order valence-corrected chi connectivity index (χ0v) is 10.9. The first-order valence-electron chi connectivity index (χ1n) is 6.41. The van der Waals surface area contributed by atoms with Crippen LogP contribution >= 0.6 is 0 Å². The fourth-order valence-corrected chi connectivity index (χ4v) is 2.02. The van der Waals surface area contributed by atoms with Crippen LogP contribution in [-0.4, -0.2) is 55.5 Å². The van der Waals surface area contributed by atoms with Gasteiger partial charge >= 0.3 is 0 Å². The number of hydrogen-bond donors (Lipinski definition) is 1. The van der Waals surface area contributed by atoms with Crippen molar-refractivity contribution in [2.75, 3.05) is 45.1 Å². The highest BCUT2D eigenvalue weighted by Crippen LogP contribution is 2.06. The van der Waals surface area contributed by atoms with Crippen molar-refractivity contribution >= 4 is 11.6 Å². The van der Waals surface area contributed by atoms with Gasteiger partial charge in [-0.15, -0.1) is 0 Å². The molecule has 0 bridgehead atoms. The van der Waals surface area contributed by atoms with Crippen molar-refractivity contribution in [3.63, 3.8) is 0 Å². The number of rotatable bonds is 4. The van der Waals surface area contributed by atoms with E-state index in [2.05, 4.69) is 28.2 Å². The summed E-state index contributed by atoms with van der Waals surface area (Å²) in [6.45, 7) is 5.15. The highest BCUT2D eigenvalue weighted by molar-refractivity contribution is 5.90. The van der Waals surface area contributed by atoms with E-state index in [1.807, 2.05) is 12.1 Å². The minimum absolute atomic E-state index is 0.0835. The molecule has 1 aliphatic rings. The molecular weight excluding hydrogens is 226 g/mol.